The average molecular weight is 199 g/mol. The number of ketones is 1. The fourth-order valence-corrected chi connectivity index (χ4v) is 2.25. The van der Waals surface area contributed by atoms with Gasteiger partial charge in [-0.2, -0.15) is 0 Å². The number of rotatable bonds is 2. The van der Waals surface area contributed by atoms with Crippen molar-refractivity contribution >= 4 is 17.4 Å². The maximum absolute atomic E-state index is 11.6. The zero-order valence-electron chi connectivity index (χ0n) is 8.36. The normalized spacial score (nSPS) is 28.0. The first-order valence-corrected chi connectivity index (χ1v) is 4.97. The number of hydrogen-bond donors (Lipinski definition) is 0. The van der Waals surface area contributed by atoms with Crippen LogP contribution in [-0.2, 0) is 4.79 Å². The third-order valence-corrected chi connectivity index (χ3v) is 2.67. The molecule has 72 valence electrons. The van der Waals surface area contributed by atoms with Crippen LogP contribution in [0, 0.1) is 5.41 Å². The quantitative estimate of drug-likeness (QED) is 0.624. The Labute approximate surface area is 84.5 Å². The molecule has 0 aliphatic heterocycles. The number of carbonyl (C=O) groups is 1. The van der Waals surface area contributed by atoms with E-state index in [1.54, 1.807) is 0 Å². The van der Waals surface area contributed by atoms with Crippen molar-refractivity contribution in [3.8, 4) is 0 Å². The molecule has 1 unspecified atom stereocenters. The molecule has 1 nitrogen and oxygen atoms in total. The van der Waals surface area contributed by atoms with Crippen molar-refractivity contribution in [1.82, 2.24) is 0 Å². The van der Waals surface area contributed by atoms with Crippen LogP contribution < -0.4 is 0 Å². The molecule has 0 N–H and O–H groups in total. The summed E-state index contributed by atoms with van der Waals surface area (Å²) in [7, 11) is 0. The van der Waals surface area contributed by atoms with Gasteiger partial charge in [0, 0.05) is 5.41 Å². The van der Waals surface area contributed by atoms with Crippen LogP contribution in [0.4, 0.5) is 0 Å². The van der Waals surface area contributed by atoms with Gasteiger partial charge in [-0.1, -0.05) is 23.3 Å². The Morgan fingerprint density at radius 3 is 2.69 bits per heavy atom. The summed E-state index contributed by atoms with van der Waals surface area (Å²) in [5.41, 5.74) is 2.04. The maximum Gasteiger partial charge on any atom is 0.157 e. The van der Waals surface area contributed by atoms with Crippen LogP contribution in [0.1, 0.15) is 27.2 Å². The van der Waals surface area contributed by atoms with E-state index >= 15 is 0 Å². The predicted octanol–water partition coefficient (Wildman–Crippen LogP) is 3.10. The highest BCUT2D eigenvalue weighted by Crippen LogP contribution is 2.34. The lowest BCUT2D eigenvalue weighted by molar-refractivity contribution is -0.123. The summed E-state index contributed by atoms with van der Waals surface area (Å²) in [6.07, 6.45) is 4.93. The topological polar surface area (TPSA) is 17.1 Å². The molecule has 1 aliphatic rings. The van der Waals surface area contributed by atoms with Gasteiger partial charge < -0.3 is 0 Å². The third-order valence-electron chi connectivity index (χ3n) is 2.42. The van der Waals surface area contributed by atoms with E-state index in [0.29, 0.717) is 0 Å². The van der Waals surface area contributed by atoms with E-state index < -0.39 is 0 Å². The lowest BCUT2D eigenvalue weighted by atomic mass is 9.76. The van der Waals surface area contributed by atoms with Crippen LogP contribution in [0.5, 0.6) is 0 Å². The molecule has 0 saturated carbocycles. The molecular formula is C11H15ClO. The molecule has 0 saturated heterocycles. The summed E-state index contributed by atoms with van der Waals surface area (Å²) >= 11 is 5.57. The van der Waals surface area contributed by atoms with Crippen molar-refractivity contribution in [2.24, 2.45) is 5.41 Å². The molecule has 0 aromatic heterocycles. The van der Waals surface area contributed by atoms with Crippen molar-refractivity contribution in [2.45, 2.75) is 27.2 Å². The van der Waals surface area contributed by atoms with Gasteiger partial charge in [-0.15, -0.1) is 11.6 Å². The zero-order chi connectivity index (χ0) is 10.1. The minimum Gasteiger partial charge on any atom is -0.297 e. The van der Waals surface area contributed by atoms with Crippen molar-refractivity contribution in [1.29, 1.82) is 0 Å². The van der Waals surface area contributed by atoms with E-state index in [1.165, 1.54) is 5.57 Å². The highest BCUT2D eigenvalue weighted by Gasteiger charge is 2.31. The molecule has 0 amide bonds. The molecule has 0 fully saturated rings. The second-order valence-electron chi connectivity index (χ2n) is 4.03. The average Bonchev–Trinajstić information content (AvgIpc) is 2.00. The summed E-state index contributed by atoms with van der Waals surface area (Å²) in [5, 5.41) is 0. The van der Waals surface area contributed by atoms with Crippen molar-refractivity contribution in [3.05, 3.63) is 23.3 Å². The van der Waals surface area contributed by atoms with Crippen LogP contribution in [0.2, 0.25) is 0 Å². The molecule has 1 rings (SSSR count). The molecule has 0 aromatic rings. The van der Waals surface area contributed by atoms with Crippen molar-refractivity contribution < 1.29 is 4.79 Å². The molecule has 0 radical (unpaired) electrons. The molecule has 0 bridgehead atoms. The van der Waals surface area contributed by atoms with E-state index in [0.717, 1.165) is 12.0 Å². The molecular weight excluding hydrogens is 184 g/mol. The van der Waals surface area contributed by atoms with Gasteiger partial charge in [-0.25, -0.2) is 0 Å². The Morgan fingerprint density at radius 2 is 2.23 bits per heavy atom. The second-order valence-corrected chi connectivity index (χ2v) is 4.30. The number of halogens is 1. The lowest BCUT2D eigenvalue weighted by Crippen LogP contribution is -2.29. The van der Waals surface area contributed by atoms with Crippen LogP contribution in [0.25, 0.3) is 0 Å². The summed E-state index contributed by atoms with van der Waals surface area (Å²) in [6, 6.07) is 0. The zero-order valence-corrected chi connectivity index (χ0v) is 9.11. The van der Waals surface area contributed by atoms with Gasteiger partial charge in [0.1, 0.15) is 0 Å². The molecule has 2 heteroatoms. The summed E-state index contributed by atoms with van der Waals surface area (Å²) in [5.74, 6) is 0.217. The smallest absolute Gasteiger partial charge is 0.157 e. The lowest BCUT2D eigenvalue weighted by Gasteiger charge is -2.28. The predicted molar refractivity (Wildman–Crippen MR) is 56.0 cm³/mol. The van der Waals surface area contributed by atoms with Crippen molar-refractivity contribution in [3.63, 3.8) is 0 Å². The summed E-state index contributed by atoms with van der Waals surface area (Å²) < 4.78 is 0. The minimum atomic E-state index is -0.370. The number of hydrogen-bond acceptors (Lipinski definition) is 1. The van der Waals surface area contributed by atoms with Crippen LogP contribution >= 0.6 is 11.6 Å². The monoisotopic (exact) mass is 198 g/mol. The van der Waals surface area contributed by atoms with Gasteiger partial charge in [-0.05, 0) is 27.2 Å². The maximum atomic E-state index is 11.6. The first-order valence-electron chi connectivity index (χ1n) is 4.44. The Hall–Kier alpha value is -0.560. The summed E-state index contributed by atoms with van der Waals surface area (Å²) in [4.78, 5) is 11.6. The van der Waals surface area contributed by atoms with Gasteiger partial charge in [0.25, 0.3) is 0 Å². The van der Waals surface area contributed by atoms with E-state index in [4.69, 9.17) is 11.6 Å². The molecule has 0 aromatic carbocycles. The number of alkyl halides is 1. The fourth-order valence-electron chi connectivity index (χ4n) is 1.95. The van der Waals surface area contributed by atoms with E-state index in [-0.39, 0.29) is 17.1 Å². The van der Waals surface area contributed by atoms with E-state index in [1.807, 2.05) is 19.9 Å². The fraction of sp³-hybridized carbons (Fsp3) is 0.545. The van der Waals surface area contributed by atoms with Gasteiger partial charge in [0.2, 0.25) is 0 Å². The molecule has 0 spiro atoms. The number of Topliss-reactive ketones (excluding diaryl/α,β-unsaturated/α-hetero) is 1. The molecule has 1 atom stereocenters. The number of allylic oxidation sites excluding steroid dienone is 4. The Balaban J connectivity index is 2.96. The van der Waals surface area contributed by atoms with Crippen molar-refractivity contribution in [2.75, 3.05) is 5.88 Å². The molecule has 1 aliphatic carbocycles. The highest BCUT2D eigenvalue weighted by molar-refractivity contribution is 6.28. The van der Waals surface area contributed by atoms with Crippen LogP contribution in [-0.4, -0.2) is 11.7 Å². The van der Waals surface area contributed by atoms with E-state index in [2.05, 4.69) is 13.0 Å². The van der Waals surface area contributed by atoms with Gasteiger partial charge >= 0.3 is 0 Å². The molecule has 0 heterocycles. The SMILES string of the molecule is CC1=CC(C)(C(=O)CCl)CC(C)=C1. The Bertz CT molecular complexity index is 288. The number of carbonyl (C=O) groups excluding carboxylic acids is 1. The van der Waals surface area contributed by atoms with Crippen LogP contribution in [0.3, 0.4) is 0 Å². The first kappa shape index (κ1) is 10.5. The first-order chi connectivity index (χ1) is 5.98. The summed E-state index contributed by atoms with van der Waals surface area (Å²) in [6.45, 7) is 6.02. The third kappa shape index (κ3) is 2.22. The standard InChI is InChI=1S/C11H15ClO/c1-8-4-9(2)6-11(3,5-8)10(13)7-12/h4-5H,6-7H2,1-3H3. The molecule has 13 heavy (non-hydrogen) atoms. The highest BCUT2D eigenvalue weighted by atomic mass is 35.5. The van der Waals surface area contributed by atoms with Gasteiger partial charge in [0.15, 0.2) is 5.78 Å². The Kier molecular flexibility index (Phi) is 2.97. The second kappa shape index (κ2) is 3.67. The Morgan fingerprint density at radius 1 is 1.62 bits per heavy atom. The van der Waals surface area contributed by atoms with Gasteiger partial charge in [0.05, 0.1) is 5.88 Å². The van der Waals surface area contributed by atoms with Crippen LogP contribution in [0.15, 0.2) is 23.3 Å². The largest absolute Gasteiger partial charge is 0.297 e. The minimum absolute atomic E-state index is 0.105. The van der Waals surface area contributed by atoms with Gasteiger partial charge in [-0.3, -0.25) is 4.79 Å². The van der Waals surface area contributed by atoms with E-state index in [9.17, 15) is 4.79 Å².